The van der Waals surface area contributed by atoms with Crippen molar-refractivity contribution in [2.45, 2.75) is 4.90 Å². The molecule has 0 radical (unpaired) electrons. The quantitative estimate of drug-likeness (QED) is 0.764. The van der Waals surface area contributed by atoms with Crippen LogP contribution in [0, 0.1) is 0 Å². The Hall–Kier alpha value is -0.696. The van der Waals surface area contributed by atoms with Gasteiger partial charge in [-0.2, -0.15) is 0 Å². The molecule has 0 aromatic heterocycles. The van der Waals surface area contributed by atoms with Gasteiger partial charge < -0.3 is 0 Å². The van der Waals surface area contributed by atoms with Crippen molar-refractivity contribution in [1.29, 1.82) is 0 Å². The summed E-state index contributed by atoms with van der Waals surface area (Å²) < 4.78 is 5.70. The average Bonchev–Trinajstić information content (AvgIpc) is 2.32. The summed E-state index contributed by atoms with van der Waals surface area (Å²) in [6.45, 7) is 0. The molecule has 2 aromatic carbocycles. The number of hydrogen-bond donors (Lipinski definition) is 0. The van der Waals surface area contributed by atoms with E-state index in [9.17, 15) is 0 Å². The summed E-state index contributed by atoms with van der Waals surface area (Å²) in [6, 6.07) is 20.3. The zero-order chi connectivity index (χ0) is 10.3. The third-order valence-corrected chi connectivity index (χ3v) is 4.73. The number of benzene rings is 2. The van der Waals surface area contributed by atoms with E-state index < -0.39 is 18.2 Å². The van der Waals surface area contributed by atoms with Gasteiger partial charge in [-0.3, -0.25) is 0 Å². The van der Waals surface area contributed by atoms with Crippen molar-refractivity contribution >= 4 is 9.35 Å². The predicted molar refractivity (Wildman–Crippen MR) is 59.4 cm³/mol. The van der Waals surface area contributed by atoms with Gasteiger partial charge in [-0.1, -0.05) is 0 Å². The summed E-state index contributed by atoms with van der Waals surface area (Å²) in [5, 5.41) is 0. The maximum absolute atomic E-state index is 5.70. The fourth-order valence-corrected chi connectivity index (χ4v) is 3.57. The van der Waals surface area contributed by atoms with Crippen molar-refractivity contribution in [1.82, 2.24) is 0 Å². The topological polar surface area (TPSA) is 9.23 Å². The molecule has 0 spiro atoms. The van der Waals surface area contributed by atoms with E-state index in [0.717, 1.165) is 5.75 Å². The van der Waals surface area contributed by atoms with Gasteiger partial charge in [-0.15, -0.1) is 0 Å². The van der Waals surface area contributed by atoms with Crippen molar-refractivity contribution < 1.29 is 21.6 Å². The predicted octanol–water partition coefficient (Wildman–Crippen LogP) is 3.77. The van der Waals surface area contributed by atoms with Crippen molar-refractivity contribution in [3.63, 3.8) is 0 Å². The van der Waals surface area contributed by atoms with Crippen LogP contribution >= 0.6 is 9.35 Å². The molecule has 74 valence electrons. The molecule has 0 aliphatic rings. The first kappa shape index (κ1) is 10.8. The SMILES string of the molecule is c1ccc([O][Ti][S]c2ccccc2)cc1. The Morgan fingerprint density at radius 1 is 0.800 bits per heavy atom. The summed E-state index contributed by atoms with van der Waals surface area (Å²) >= 11 is -0.447. The second kappa shape index (κ2) is 6.01. The standard InChI is InChI=1S/C6H6O.C6H6S.Ti/c2*7-6-4-2-1-3-5-6;/h2*1-5,7H;/q;;+2/p-2. The Kier molecular flexibility index (Phi) is 4.33. The van der Waals surface area contributed by atoms with Gasteiger partial charge >= 0.3 is 102 Å². The van der Waals surface area contributed by atoms with Gasteiger partial charge in [-0.25, -0.2) is 0 Å². The molecule has 0 atom stereocenters. The Bertz CT molecular complexity index is 351. The van der Waals surface area contributed by atoms with Crippen molar-refractivity contribution in [2.75, 3.05) is 0 Å². The van der Waals surface area contributed by atoms with Gasteiger partial charge in [0.25, 0.3) is 0 Å². The molecular formula is C12H10OSTi. The molecule has 0 aliphatic heterocycles. The number of para-hydroxylation sites is 1. The molecule has 15 heavy (non-hydrogen) atoms. The van der Waals surface area contributed by atoms with Gasteiger partial charge in [0, 0.05) is 0 Å². The molecule has 2 rings (SSSR count). The molecule has 0 saturated carbocycles. The van der Waals surface area contributed by atoms with Crippen LogP contribution in [0.1, 0.15) is 0 Å². The van der Waals surface area contributed by atoms with E-state index in [4.69, 9.17) is 3.32 Å². The number of hydrogen-bond acceptors (Lipinski definition) is 2. The van der Waals surface area contributed by atoms with Gasteiger partial charge in [0.1, 0.15) is 0 Å². The molecule has 0 aliphatic carbocycles. The first-order valence-electron chi connectivity index (χ1n) is 4.64. The van der Waals surface area contributed by atoms with E-state index >= 15 is 0 Å². The van der Waals surface area contributed by atoms with Crippen LogP contribution in [0.15, 0.2) is 65.6 Å². The summed E-state index contributed by atoms with van der Waals surface area (Å²) in [6.07, 6.45) is 0. The van der Waals surface area contributed by atoms with E-state index in [1.54, 1.807) is 0 Å². The molecule has 1 nitrogen and oxygen atoms in total. The average molecular weight is 250 g/mol. The Morgan fingerprint density at radius 3 is 2.07 bits per heavy atom. The van der Waals surface area contributed by atoms with Gasteiger partial charge in [0.15, 0.2) is 0 Å². The molecule has 0 heterocycles. The molecule has 3 heteroatoms. The van der Waals surface area contributed by atoms with E-state index in [0.29, 0.717) is 0 Å². The molecule has 0 amide bonds. The summed E-state index contributed by atoms with van der Waals surface area (Å²) in [5.41, 5.74) is 0. The van der Waals surface area contributed by atoms with Crippen LogP contribution < -0.4 is 3.32 Å². The Labute approximate surface area is 102 Å². The van der Waals surface area contributed by atoms with Crippen molar-refractivity contribution in [3.05, 3.63) is 60.7 Å². The summed E-state index contributed by atoms with van der Waals surface area (Å²) in [5.74, 6) is 0.973. The maximum atomic E-state index is 5.70. The summed E-state index contributed by atoms with van der Waals surface area (Å²) in [4.78, 5) is 1.29. The molecule has 0 bridgehead atoms. The molecule has 0 fully saturated rings. The van der Waals surface area contributed by atoms with Crippen molar-refractivity contribution in [3.8, 4) is 5.75 Å². The van der Waals surface area contributed by atoms with Crippen LogP contribution in [0.3, 0.4) is 0 Å². The Balaban J connectivity index is 1.81. The molecule has 0 unspecified atom stereocenters. The minimum atomic E-state index is -0.447. The molecular weight excluding hydrogens is 240 g/mol. The zero-order valence-corrected chi connectivity index (χ0v) is 10.5. The second-order valence-corrected chi connectivity index (χ2v) is 5.81. The van der Waals surface area contributed by atoms with Gasteiger partial charge in [0.05, 0.1) is 0 Å². The molecule has 0 N–H and O–H groups in total. The van der Waals surface area contributed by atoms with Gasteiger partial charge in [-0.05, 0) is 0 Å². The third kappa shape index (κ3) is 3.75. The molecule has 0 saturated heterocycles. The Morgan fingerprint density at radius 2 is 1.40 bits per heavy atom. The van der Waals surface area contributed by atoms with Crippen LogP contribution in [-0.2, 0) is 18.2 Å². The zero-order valence-electron chi connectivity index (χ0n) is 8.09. The van der Waals surface area contributed by atoms with E-state index in [-0.39, 0.29) is 0 Å². The van der Waals surface area contributed by atoms with Crippen LogP contribution in [0.4, 0.5) is 0 Å². The van der Waals surface area contributed by atoms with E-state index in [1.807, 2.05) is 45.7 Å². The van der Waals surface area contributed by atoms with Crippen LogP contribution in [0.25, 0.3) is 0 Å². The van der Waals surface area contributed by atoms with Crippen molar-refractivity contribution in [2.24, 2.45) is 0 Å². The van der Waals surface area contributed by atoms with Crippen LogP contribution in [0.2, 0.25) is 0 Å². The first-order valence-corrected chi connectivity index (χ1v) is 8.00. The number of rotatable bonds is 4. The van der Waals surface area contributed by atoms with Gasteiger partial charge in [0.2, 0.25) is 0 Å². The van der Waals surface area contributed by atoms with E-state index in [2.05, 4.69) is 24.3 Å². The third-order valence-electron chi connectivity index (χ3n) is 1.81. The molecule has 2 aromatic rings. The van der Waals surface area contributed by atoms with Crippen LogP contribution in [0.5, 0.6) is 5.75 Å². The monoisotopic (exact) mass is 250 g/mol. The second-order valence-electron chi connectivity index (χ2n) is 2.91. The van der Waals surface area contributed by atoms with Crippen LogP contribution in [-0.4, -0.2) is 0 Å². The first-order chi connectivity index (χ1) is 7.45. The summed E-state index contributed by atoms with van der Waals surface area (Å²) in [7, 11) is 1.82. The van der Waals surface area contributed by atoms with E-state index in [1.165, 1.54) is 4.90 Å². The fourth-order valence-electron chi connectivity index (χ4n) is 1.09. The normalized spacial score (nSPS) is 9.60. The minimum absolute atomic E-state index is 0.447. The fraction of sp³-hybridized carbons (Fsp3) is 0.